The lowest BCUT2D eigenvalue weighted by molar-refractivity contribution is -0.130. The highest BCUT2D eigenvalue weighted by Crippen LogP contribution is 2.30. The Morgan fingerprint density at radius 2 is 1.62 bits per heavy atom. The van der Waals surface area contributed by atoms with Gasteiger partial charge < -0.3 is 27.0 Å². The van der Waals surface area contributed by atoms with Gasteiger partial charge in [0.1, 0.15) is 18.3 Å². The number of nitrogens with zero attached hydrogens (tertiary/aromatic N) is 3. The Morgan fingerprint density at radius 3 is 2.32 bits per heavy atom. The average molecular weight is 810 g/mol. The quantitative estimate of drug-likeness (QED) is 0.0865. The minimum Gasteiger partial charge on any atom is -0.350 e. The predicted octanol–water partition coefficient (Wildman–Crippen LogP) is 6.10. The summed E-state index contributed by atoms with van der Waals surface area (Å²) in [7, 11) is 0. The largest absolute Gasteiger partial charge is 0.350 e. The first-order valence-corrected chi connectivity index (χ1v) is 18.8. The molecule has 1 fully saturated rings. The van der Waals surface area contributed by atoms with Crippen LogP contribution in [0.4, 0.5) is 23.7 Å². The maximum absolute atomic E-state index is 14.2. The molecule has 4 amide bonds. The lowest BCUT2D eigenvalue weighted by Gasteiger charge is -2.23. The van der Waals surface area contributed by atoms with Gasteiger partial charge in [-0.3, -0.25) is 19.2 Å². The zero-order chi connectivity index (χ0) is 39.8. The van der Waals surface area contributed by atoms with Crippen molar-refractivity contribution in [3.8, 4) is 0 Å². The molecule has 0 unspecified atom stereocenters. The van der Waals surface area contributed by atoms with Crippen LogP contribution in [-0.4, -0.2) is 70.4 Å². The van der Waals surface area contributed by atoms with Crippen LogP contribution in [0.2, 0.25) is 10.0 Å². The normalized spacial score (nSPS) is 15.4. The summed E-state index contributed by atoms with van der Waals surface area (Å²) in [5, 5.41) is 17.3. The second kappa shape index (κ2) is 18.7. The zero-order valence-electron chi connectivity index (χ0n) is 30.2. The number of anilines is 1. The van der Waals surface area contributed by atoms with E-state index in [9.17, 15) is 27.6 Å². The molecule has 0 saturated carbocycles. The Morgan fingerprint density at radius 1 is 0.857 bits per heavy atom. The van der Waals surface area contributed by atoms with Gasteiger partial charge in [-0.1, -0.05) is 65.7 Å². The molecule has 2 heterocycles. The minimum atomic E-state index is -1.33. The predicted molar refractivity (Wildman–Crippen MR) is 210 cm³/mol. The van der Waals surface area contributed by atoms with Crippen LogP contribution in [0.3, 0.4) is 0 Å². The summed E-state index contributed by atoms with van der Waals surface area (Å²) in [6.07, 6.45) is -0.601. The number of rotatable bonds is 15. The fourth-order valence-electron chi connectivity index (χ4n) is 6.58. The SMILES string of the molecule is NCC[C@H](NC(=O)[C@H](Cc1ccc(F)c(F)c1)NC(=O)Nc1ccc2c(CN3CC[C@H](F)C3)nn(Cc3c(Cl)cccc3Cl)c2c1)C(=O)NCc1ccccc1. The highest BCUT2D eigenvalue weighted by molar-refractivity contribution is 6.36. The van der Waals surface area contributed by atoms with Gasteiger partial charge in [-0.15, -0.1) is 0 Å². The van der Waals surface area contributed by atoms with Gasteiger partial charge in [-0.25, -0.2) is 18.0 Å². The number of aromatic nitrogens is 2. The van der Waals surface area contributed by atoms with E-state index in [4.69, 9.17) is 34.0 Å². The van der Waals surface area contributed by atoms with E-state index in [1.54, 1.807) is 41.1 Å². The number of fused-ring (bicyclic) bond motifs is 1. The van der Waals surface area contributed by atoms with Crippen molar-refractivity contribution in [2.45, 2.75) is 57.2 Å². The van der Waals surface area contributed by atoms with Crippen molar-refractivity contribution < 1.29 is 27.6 Å². The fourth-order valence-corrected chi connectivity index (χ4v) is 7.10. The number of hydrogen-bond acceptors (Lipinski definition) is 6. The number of carbonyl (C=O) groups is 3. The van der Waals surface area contributed by atoms with E-state index < -0.39 is 47.7 Å². The number of halogens is 5. The molecule has 1 aliphatic heterocycles. The molecular weight excluding hydrogens is 768 g/mol. The molecule has 16 heteroatoms. The lowest BCUT2D eigenvalue weighted by atomic mass is 10.0. The molecule has 11 nitrogen and oxygen atoms in total. The number of likely N-dealkylation sites (tertiary alicyclic amines) is 1. The van der Waals surface area contributed by atoms with Crippen molar-refractivity contribution in [3.05, 3.63) is 129 Å². The van der Waals surface area contributed by atoms with Crippen LogP contribution in [0.5, 0.6) is 0 Å². The third-order valence-corrected chi connectivity index (χ3v) is 10.2. The molecule has 4 aromatic carbocycles. The first-order chi connectivity index (χ1) is 27.0. The molecule has 6 rings (SSSR count). The molecule has 1 aromatic heterocycles. The molecule has 0 bridgehead atoms. The van der Waals surface area contributed by atoms with Crippen LogP contribution in [0.15, 0.2) is 84.9 Å². The molecule has 1 aliphatic rings. The van der Waals surface area contributed by atoms with Crippen LogP contribution >= 0.6 is 23.2 Å². The fraction of sp³-hybridized carbons (Fsp3) is 0.300. The molecule has 56 heavy (non-hydrogen) atoms. The van der Waals surface area contributed by atoms with Gasteiger partial charge in [0, 0.05) is 59.3 Å². The van der Waals surface area contributed by atoms with E-state index in [1.807, 2.05) is 35.2 Å². The van der Waals surface area contributed by atoms with E-state index in [0.717, 1.165) is 23.1 Å². The number of hydrogen-bond donors (Lipinski definition) is 5. The van der Waals surface area contributed by atoms with Crippen LogP contribution in [-0.2, 0) is 35.6 Å². The monoisotopic (exact) mass is 808 g/mol. The van der Waals surface area contributed by atoms with E-state index in [0.29, 0.717) is 58.6 Å². The highest BCUT2D eigenvalue weighted by Gasteiger charge is 2.28. The number of carbonyl (C=O) groups excluding carboxylic acids is 3. The van der Waals surface area contributed by atoms with E-state index in [-0.39, 0.29) is 38.0 Å². The first-order valence-electron chi connectivity index (χ1n) is 18.1. The maximum atomic E-state index is 14.2. The number of nitrogens with two attached hydrogens (primary N) is 1. The third kappa shape index (κ3) is 10.4. The minimum absolute atomic E-state index is 0.0727. The molecule has 0 aliphatic carbocycles. The van der Waals surface area contributed by atoms with Crippen LogP contribution in [0.25, 0.3) is 10.9 Å². The Labute approximate surface area is 331 Å². The Balaban J connectivity index is 1.22. The van der Waals surface area contributed by atoms with Crippen molar-refractivity contribution >= 4 is 57.6 Å². The van der Waals surface area contributed by atoms with Crippen LogP contribution < -0.4 is 27.0 Å². The number of urea groups is 1. The molecule has 6 N–H and O–H groups in total. The van der Waals surface area contributed by atoms with Crippen LogP contribution in [0, 0.1) is 11.6 Å². The molecule has 5 aromatic rings. The standard InChI is InChI=1S/C40H41Cl2F3N8O3/c41-30-7-4-8-31(42)29(30)22-53-37-19-27(10-11-28(37)36(51-53)23-52-16-14-26(43)21-52)48-40(56)50-35(18-25-9-12-32(44)33(45)17-25)39(55)49-34(13-15-46)38(54)47-20-24-5-2-1-3-6-24/h1-12,17,19,26,34-35H,13-16,18,20-23,46H2,(H,47,54)(H,49,55)(H2,48,50,56)/t26-,34-,35-/m0/s1. The van der Waals surface area contributed by atoms with Gasteiger partial charge in [0.2, 0.25) is 11.8 Å². The number of alkyl halides is 1. The number of amides is 4. The number of benzene rings is 4. The second-order valence-electron chi connectivity index (χ2n) is 13.6. The van der Waals surface area contributed by atoms with E-state index >= 15 is 0 Å². The summed E-state index contributed by atoms with van der Waals surface area (Å²) < 4.78 is 43.7. The summed E-state index contributed by atoms with van der Waals surface area (Å²) in [6, 6.07) is 19.5. The van der Waals surface area contributed by atoms with Gasteiger partial charge >= 0.3 is 6.03 Å². The zero-order valence-corrected chi connectivity index (χ0v) is 31.7. The van der Waals surface area contributed by atoms with Crippen molar-refractivity contribution in [1.29, 1.82) is 0 Å². The van der Waals surface area contributed by atoms with Crippen molar-refractivity contribution in [2.24, 2.45) is 5.73 Å². The molecule has 3 atom stereocenters. The van der Waals surface area contributed by atoms with Crippen LogP contribution in [0.1, 0.15) is 35.2 Å². The van der Waals surface area contributed by atoms with Gasteiger partial charge in [0.05, 0.1) is 17.8 Å². The lowest BCUT2D eigenvalue weighted by Crippen LogP contribution is -2.55. The highest BCUT2D eigenvalue weighted by atomic mass is 35.5. The average Bonchev–Trinajstić information content (AvgIpc) is 3.74. The number of nitrogens with one attached hydrogen (secondary N) is 4. The third-order valence-electron chi connectivity index (χ3n) is 9.49. The summed E-state index contributed by atoms with van der Waals surface area (Å²) in [5.74, 6) is -3.42. The molecule has 1 saturated heterocycles. The molecule has 294 valence electrons. The Hall–Kier alpha value is -5.15. The van der Waals surface area contributed by atoms with Gasteiger partial charge in [0.15, 0.2) is 11.6 Å². The van der Waals surface area contributed by atoms with Crippen molar-refractivity contribution in [3.63, 3.8) is 0 Å². The maximum Gasteiger partial charge on any atom is 0.319 e. The van der Waals surface area contributed by atoms with E-state index in [1.165, 1.54) is 6.07 Å². The molecule has 0 spiro atoms. The van der Waals surface area contributed by atoms with Gasteiger partial charge in [-0.05, 0) is 73.0 Å². The second-order valence-corrected chi connectivity index (χ2v) is 14.4. The molecular formula is C40H41Cl2F3N8O3. The topological polar surface area (TPSA) is 146 Å². The summed E-state index contributed by atoms with van der Waals surface area (Å²) >= 11 is 13.0. The summed E-state index contributed by atoms with van der Waals surface area (Å²) in [4.78, 5) is 42.5. The Kier molecular flexibility index (Phi) is 13.5. The van der Waals surface area contributed by atoms with Gasteiger partial charge in [0.25, 0.3) is 0 Å². The van der Waals surface area contributed by atoms with E-state index in [2.05, 4.69) is 21.3 Å². The molecule has 0 radical (unpaired) electrons. The van der Waals surface area contributed by atoms with Crippen molar-refractivity contribution in [1.82, 2.24) is 30.6 Å². The first kappa shape index (κ1) is 40.5. The smallest absolute Gasteiger partial charge is 0.319 e. The summed E-state index contributed by atoms with van der Waals surface area (Å²) in [5.41, 5.74) is 9.16. The van der Waals surface area contributed by atoms with Crippen molar-refractivity contribution in [2.75, 3.05) is 25.0 Å². The Bertz CT molecular complexity index is 2170. The summed E-state index contributed by atoms with van der Waals surface area (Å²) in [6.45, 7) is 1.79. The van der Waals surface area contributed by atoms with Gasteiger partial charge in [-0.2, -0.15) is 5.10 Å².